The quantitative estimate of drug-likeness (QED) is 0.785. The Labute approximate surface area is 153 Å². The molecule has 138 valence electrons. The van der Waals surface area contributed by atoms with Crippen LogP contribution in [-0.4, -0.2) is 40.5 Å². The van der Waals surface area contributed by atoms with E-state index in [2.05, 4.69) is 9.62 Å². The fourth-order valence-electron chi connectivity index (χ4n) is 2.79. The first-order valence-corrected chi connectivity index (χ1v) is 9.96. The predicted octanol–water partition coefficient (Wildman–Crippen LogP) is 2.20. The lowest BCUT2D eigenvalue weighted by Crippen LogP contribution is -2.36. The maximum Gasteiger partial charge on any atom is 0.240 e. The smallest absolute Gasteiger partial charge is 0.240 e. The fraction of sp³-hybridized carbons (Fsp3) is 0.316. The number of Topliss-reactive ketones (excluding diaryl/α,β-unsaturated/α-hetero) is 1. The van der Waals surface area contributed by atoms with E-state index in [9.17, 15) is 13.2 Å². The molecule has 0 aliphatic carbocycles. The molecule has 1 N–H and O–H groups in total. The molecular weight excluding hydrogens is 352 g/mol. The Kier molecular flexibility index (Phi) is 5.70. The van der Waals surface area contributed by atoms with E-state index in [1.165, 1.54) is 19.1 Å². The molecule has 1 saturated heterocycles. The van der Waals surface area contributed by atoms with Crippen LogP contribution in [0.25, 0.3) is 0 Å². The molecule has 6 nitrogen and oxygen atoms in total. The molecule has 1 aliphatic heterocycles. The van der Waals surface area contributed by atoms with E-state index in [4.69, 9.17) is 4.74 Å². The van der Waals surface area contributed by atoms with Crippen LogP contribution in [-0.2, 0) is 21.3 Å². The molecule has 0 spiro atoms. The summed E-state index contributed by atoms with van der Waals surface area (Å²) in [5.74, 6) is -0.166. The summed E-state index contributed by atoms with van der Waals surface area (Å²) < 4.78 is 32.8. The van der Waals surface area contributed by atoms with Gasteiger partial charge in [-0.15, -0.1) is 0 Å². The minimum Gasteiger partial charge on any atom is -0.378 e. The average Bonchev–Trinajstić information content (AvgIpc) is 2.68. The molecule has 1 heterocycles. The summed E-state index contributed by atoms with van der Waals surface area (Å²) in [6, 6.07) is 13.9. The molecule has 0 unspecified atom stereocenters. The van der Waals surface area contributed by atoms with Crippen molar-refractivity contribution in [1.82, 2.24) is 4.72 Å². The molecule has 2 aromatic rings. The van der Waals surface area contributed by atoms with Gasteiger partial charge in [-0.1, -0.05) is 24.3 Å². The summed E-state index contributed by atoms with van der Waals surface area (Å²) in [4.78, 5) is 13.8. The molecule has 1 aliphatic rings. The Hall–Kier alpha value is -2.22. The highest BCUT2D eigenvalue weighted by Crippen LogP contribution is 2.17. The zero-order chi connectivity index (χ0) is 18.6. The largest absolute Gasteiger partial charge is 0.378 e. The number of benzene rings is 2. The minimum absolute atomic E-state index is 0.0927. The third-order valence-electron chi connectivity index (χ3n) is 4.33. The van der Waals surface area contributed by atoms with Crippen LogP contribution in [0.4, 0.5) is 5.69 Å². The number of anilines is 1. The van der Waals surface area contributed by atoms with Gasteiger partial charge in [0, 0.05) is 30.9 Å². The van der Waals surface area contributed by atoms with Gasteiger partial charge in [0.15, 0.2) is 5.78 Å². The molecule has 0 radical (unpaired) electrons. The summed E-state index contributed by atoms with van der Waals surface area (Å²) in [7, 11) is -3.67. The second-order valence-electron chi connectivity index (χ2n) is 6.17. The lowest BCUT2D eigenvalue weighted by molar-refractivity contribution is 0.101. The molecule has 7 heteroatoms. The zero-order valence-electron chi connectivity index (χ0n) is 14.6. The number of hydrogen-bond donors (Lipinski definition) is 1. The Morgan fingerprint density at radius 1 is 1.12 bits per heavy atom. The first kappa shape index (κ1) is 18.6. The molecule has 26 heavy (non-hydrogen) atoms. The van der Waals surface area contributed by atoms with Crippen LogP contribution in [0.1, 0.15) is 22.8 Å². The summed E-state index contributed by atoms with van der Waals surface area (Å²) in [6.45, 7) is 4.77. The topological polar surface area (TPSA) is 75.7 Å². The third-order valence-corrected chi connectivity index (χ3v) is 5.73. The van der Waals surface area contributed by atoms with Crippen molar-refractivity contribution in [2.75, 3.05) is 31.2 Å². The average molecular weight is 374 g/mol. The Morgan fingerprint density at radius 3 is 2.46 bits per heavy atom. The Balaban J connectivity index is 1.66. The van der Waals surface area contributed by atoms with Crippen molar-refractivity contribution in [1.29, 1.82) is 0 Å². The second-order valence-corrected chi connectivity index (χ2v) is 7.94. The van der Waals surface area contributed by atoms with Crippen molar-refractivity contribution in [2.24, 2.45) is 0 Å². The number of rotatable bonds is 6. The van der Waals surface area contributed by atoms with E-state index in [0.29, 0.717) is 5.56 Å². The predicted molar refractivity (Wildman–Crippen MR) is 99.9 cm³/mol. The van der Waals surface area contributed by atoms with Crippen molar-refractivity contribution in [3.8, 4) is 0 Å². The molecule has 2 aromatic carbocycles. The van der Waals surface area contributed by atoms with Gasteiger partial charge >= 0.3 is 0 Å². The first-order valence-electron chi connectivity index (χ1n) is 8.48. The number of nitrogens with one attached hydrogen (secondary N) is 1. The zero-order valence-corrected chi connectivity index (χ0v) is 15.5. The number of hydrogen-bond acceptors (Lipinski definition) is 5. The fourth-order valence-corrected chi connectivity index (χ4v) is 3.85. The summed E-state index contributed by atoms with van der Waals surface area (Å²) in [5.41, 5.74) is 2.35. The molecule has 0 saturated carbocycles. The highest BCUT2D eigenvalue weighted by atomic mass is 32.2. The summed E-state index contributed by atoms with van der Waals surface area (Å²) in [6.07, 6.45) is 0. The second kappa shape index (κ2) is 7.99. The van der Waals surface area contributed by atoms with Crippen LogP contribution in [0.15, 0.2) is 53.4 Å². The number of ketones is 1. The monoisotopic (exact) mass is 374 g/mol. The number of nitrogens with zero attached hydrogens (tertiary/aromatic N) is 1. The SMILES string of the molecule is CC(=O)c1cccc(S(=O)(=O)NCc2ccc(N3CCOCC3)cc2)c1. The number of carbonyl (C=O) groups excluding carboxylic acids is 1. The van der Waals surface area contributed by atoms with Crippen molar-refractivity contribution in [3.05, 3.63) is 59.7 Å². The van der Waals surface area contributed by atoms with E-state index in [1.807, 2.05) is 24.3 Å². The van der Waals surface area contributed by atoms with Gasteiger partial charge in [0.05, 0.1) is 18.1 Å². The highest BCUT2D eigenvalue weighted by Gasteiger charge is 2.15. The van der Waals surface area contributed by atoms with Crippen LogP contribution < -0.4 is 9.62 Å². The minimum atomic E-state index is -3.67. The van der Waals surface area contributed by atoms with E-state index >= 15 is 0 Å². The van der Waals surface area contributed by atoms with Gasteiger partial charge in [0.25, 0.3) is 0 Å². The standard InChI is InChI=1S/C19H22N2O4S/c1-15(22)17-3-2-4-19(13-17)26(23,24)20-14-16-5-7-18(8-6-16)21-9-11-25-12-10-21/h2-8,13,20H,9-12,14H2,1H3. The maximum atomic E-state index is 12.5. The number of carbonyl (C=O) groups is 1. The molecular formula is C19H22N2O4S. The van der Waals surface area contributed by atoms with Gasteiger partial charge in [0.2, 0.25) is 10.0 Å². The molecule has 0 amide bonds. The summed E-state index contributed by atoms with van der Waals surface area (Å²) in [5, 5.41) is 0. The third kappa shape index (κ3) is 4.49. The van der Waals surface area contributed by atoms with Gasteiger partial charge in [0.1, 0.15) is 0 Å². The molecule has 0 atom stereocenters. The lowest BCUT2D eigenvalue weighted by atomic mass is 10.2. The van der Waals surface area contributed by atoms with Gasteiger partial charge in [-0.3, -0.25) is 4.79 Å². The van der Waals surface area contributed by atoms with Crippen LogP contribution in [0.5, 0.6) is 0 Å². The summed E-state index contributed by atoms with van der Waals surface area (Å²) >= 11 is 0. The van der Waals surface area contributed by atoms with Gasteiger partial charge in [-0.2, -0.15) is 0 Å². The van der Waals surface area contributed by atoms with E-state index in [1.54, 1.807) is 12.1 Å². The maximum absolute atomic E-state index is 12.5. The van der Waals surface area contributed by atoms with Crippen molar-refractivity contribution in [3.63, 3.8) is 0 Å². The van der Waals surface area contributed by atoms with Gasteiger partial charge in [-0.25, -0.2) is 13.1 Å². The van der Waals surface area contributed by atoms with E-state index in [0.717, 1.165) is 37.6 Å². The van der Waals surface area contributed by atoms with Crippen molar-refractivity contribution >= 4 is 21.5 Å². The Morgan fingerprint density at radius 2 is 1.81 bits per heavy atom. The van der Waals surface area contributed by atoms with E-state index in [-0.39, 0.29) is 17.2 Å². The van der Waals surface area contributed by atoms with Crippen molar-refractivity contribution < 1.29 is 17.9 Å². The Bertz CT molecular complexity index is 873. The van der Waals surface area contributed by atoms with Crippen LogP contribution in [0.3, 0.4) is 0 Å². The van der Waals surface area contributed by atoms with Gasteiger partial charge in [-0.05, 0) is 36.8 Å². The number of sulfonamides is 1. The van der Waals surface area contributed by atoms with Crippen LogP contribution >= 0.6 is 0 Å². The van der Waals surface area contributed by atoms with Crippen molar-refractivity contribution in [2.45, 2.75) is 18.4 Å². The molecule has 0 aromatic heterocycles. The number of ether oxygens (including phenoxy) is 1. The van der Waals surface area contributed by atoms with Crippen LogP contribution in [0.2, 0.25) is 0 Å². The first-order chi connectivity index (χ1) is 12.5. The lowest BCUT2D eigenvalue weighted by Gasteiger charge is -2.28. The van der Waals surface area contributed by atoms with Gasteiger partial charge < -0.3 is 9.64 Å². The highest BCUT2D eigenvalue weighted by molar-refractivity contribution is 7.89. The molecule has 3 rings (SSSR count). The van der Waals surface area contributed by atoms with Crippen LogP contribution in [0, 0.1) is 0 Å². The molecule has 0 bridgehead atoms. The number of morpholine rings is 1. The van der Waals surface area contributed by atoms with E-state index < -0.39 is 10.0 Å². The normalized spacial score (nSPS) is 15.0. The molecule has 1 fully saturated rings.